The Kier molecular flexibility index (Phi) is 3.31. The van der Waals surface area contributed by atoms with Crippen molar-refractivity contribution < 1.29 is 0 Å². The summed E-state index contributed by atoms with van der Waals surface area (Å²) in [7, 11) is 0. The van der Waals surface area contributed by atoms with Crippen LogP contribution >= 0.6 is 11.6 Å². The maximum Gasteiger partial charge on any atom is 0.129 e. The van der Waals surface area contributed by atoms with Crippen molar-refractivity contribution in [2.75, 3.05) is 26.2 Å². The molecule has 1 unspecified atom stereocenters. The lowest BCUT2D eigenvalue weighted by Crippen LogP contribution is -2.51. The monoisotopic (exact) mass is 265 g/mol. The molecule has 1 aliphatic carbocycles. The summed E-state index contributed by atoms with van der Waals surface area (Å²) in [4.78, 5) is 6.81. The van der Waals surface area contributed by atoms with E-state index in [0.29, 0.717) is 16.6 Å². The molecule has 2 fully saturated rings. The van der Waals surface area contributed by atoms with Gasteiger partial charge in [-0.05, 0) is 31.4 Å². The van der Waals surface area contributed by atoms with Crippen LogP contribution in [0.4, 0.5) is 0 Å². The van der Waals surface area contributed by atoms with E-state index in [2.05, 4.69) is 28.2 Å². The second kappa shape index (κ2) is 4.80. The van der Waals surface area contributed by atoms with Crippen LogP contribution < -0.4 is 5.32 Å². The smallest absolute Gasteiger partial charge is 0.129 e. The molecule has 1 aromatic rings. The molecule has 3 rings (SSSR count). The maximum absolute atomic E-state index is 5.86. The van der Waals surface area contributed by atoms with Crippen LogP contribution in [-0.2, 0) is 5.41 Å². The number of halogens is 1. The van der Waals surface area contributed by atoms with Crippen molar-refractivity contribution in [3.05, 3.63) is 29.0 Å². The van der Waals surface area contributed by atoms with Crippen LogP contribution in [0, 0.1) is 0 Å². The number of hydrogen-bond donors (Lipinski definition) is 1. The standard InChI is InChI=1S/C14H20ClN3/c1-11-9-18(7-6-16-11)10-14(4-5-14)12-2-3-13(15)17-8-12/h2-3,8,11,16H,4-7,9-10H2,1H3. The minimum atomic E-state index is 0.356. The quantitative estimate of drug-likeness (QED) is 0.848. The van der Waals surface area contributed by atoms with E-state index in [9.17, 15) is 0 Å². The molecule has 98 valence electrons. The number of nitrogens with zero attached hydrogens (tertiary/aromatic N) is 2. The van der Waals surface area contributed by atoms with E-state index in [-0.39, 0.29) is 0 Å². The topological polar surface area (TPSA) is 28.2 Å². The normalized spacial score (nSPS) is 27.1. The van der Waals surface area contributed by atoms with Crippen molar-refractivity contribution in [1.82, 2.24) is 15.2 Å². The number of hydrogen-bond acceptors (Lipinski definition) is 3. The Balaban J connectivity index is 1.69. The number of piperazine rings is 1. The molecule has 3 nitrogen and oxygen atoms in total. The van der Waals surface area contributed by atoms with Crippen molar-refractivity contribution in [1.29, 1.82) is 0 Å². The van der Waals surface area contributed by atoms with Crippen molar-refractivity contribution in [2.24, 2.45) is 0 Å². The molecule has 1 saturated carbocycles. The predicted octanol–water partition coefficient (Wildman–Crippen LogP) is 2.06. The van der Waals surface area contributed by atoms with Gasteiger partial charge in [0.05, 0.1) is 0 Å². The summed E-state index contributed by atoms with van der Waals surface area (Å²) in [5.74, 6) is 0. The average molecular weight is 266 g/mol. The van der Waals surface area contributed by atoms with Crippen LogP contribution in [0.25, 0.3) is 0 Å². The third-order valence-corrected chi connectivity index (χ3v) is 4.40. The van der Waals surface area contributed by atoms with Gasteiger partial charge in [0.1, 0.15) is 5.15 Å². The van der Waals surface area contributed by atoms with Crippen LogP contribution in [0.1, 0.15) is 25.3 Å². The van der Waals surface area contributed by atoms with Crippen LogP contribution in [0.2, 0.25) is 5.15 Å². The van der Waals surface area contributed by atoms with Gasteiger partial charge >= 0.3 is 0 Å². The number of pyridine rings is 1. The highest BCUT2D eigenvalue weighted by Gasteiger charge is 2.45. The molecule has 1 N–H and O–H groups in total. The Bertz CT molecular complexity index is 414. The fraction of sp³-hybridized carbons (Fsp3) is 0.643. The number of aromatic nitrogens is 1. The molecule has 1 saturated heterocycles. The summed E-state index contributed by atoms with van der Waals surface area (Å²) >= 11 is 5.86. The average Bonchev–Trinajstić information content (AvgIpc) is 3.11. The van der Waals surface area contributed by atoms with Crippen LogP contribution in [0.15, 0.2) is 18.3 Å². The van der Waals surface area contributed by atoms with Gasteiger partial charge in [-0.15, -0.1) is 0 Å². The summed E-state index contributed by atoms with van der Waals surface area (Å²) in [6, 6.07) is 4.67. The molecule has 4 heteroatoms. The lowest BCUT2D eigenvalue weighted by Gasteiger charge is -2.34. The van der Waals surface area contributed by atoms with E-state index < -0.39 is 0 Å². The van der Waals surface area contributed by atoms with Gasteiger partial charge in [-0.2, -0.15) is 0 Å². The summed E-state index contributed by atoms with van der Waals surface area (Å²) < 4.78 is 0. The zero-order valence-corrected chi connectivity index (χ0v) is 11.6. The highest BCUT2D eigenvalue weighted by atomic mass is 35.5. The Morgan fingerprint density at radius 1 is 1.50 bits per heavy atom. The summed E-state index contributed by atoms with van der Waals surface area (Å²) in [5.41, 5.74) is 1.72. The largest absolute Gasteiger partial charge is 0.312 e. The number of nitrogens with one attached hydrogen (secondary N) is 1. The first kappa shape index (κ1) is 12.4. The summed E-state index contributed by atoms with van der Waals surface area (Å²) in [6.45, 7) is 6.85. The molecule has 18 heavy (non-hydrogen) atoms. The third-order valence-electron chi connectivity index (χ3n) is 4.17. The van der Waals surface area contributed by atoms with Crippen LogP contribution in [-0.4, -0.2) is 42.1 Å². The van der Waals surface area contributed by atoms with E-state index in [1.165, 1.54) is 24.9 Å². The molecule has 2 aliphatic rings. The number of rotatable bonds is 3. The molecule has 1 atom stereocenters. The van der Waals surface area contributed by atoms with E-state index in [1.807, 2.05) is 12.3 Å². The van der Waals surface area contributed by atoms with E-state index >= 15 is 0 Å². The van der Waals surface area contributed by atoms with Gasteiger partial charge in [0.25, 0.3) is 0 Å². The summed E-state index contributed by atoms with van der Waals surface area (Å²) in [5, 5.41) is 4.08. The fourth-order valence-corrected chi connectivity index (χ4v) is 3.07. The van der Waals surface area contributed by atoms with Crippen molar-refractivity contribution in [3.8, 4) is 0 Å². The Labute approximate surface area is 114 Å². The van der Waals surface area contributed by atoms with Gasteiger partial charge in [0, 0.05) is 43.8 Å². The minimum absolute atomic E-state index is 0.356. The molecular formula is C14H20ClN3. The van der Waals surface area contributed by atoms with E-state index in [1.54, 1.807) is 0 Å². The zero-order chi connectivity index (χ0) is 12.6. The van der Waals surface area contributed by atoms with Crippen molar-refractivity contribution in [2.45, 2.75) is 31.2 Å². The Morgan fingerprint density at radius 3 is 2.94 bits per heavy atom. The van der Waals surface area contributed by atoms with Crippen molar-refractivity contribution >= 4 is 11.6 Å². The lowest BCUT2D eigenvalue weighted by atomic mass is 9.96. The van der Waals surface area contributed by atoms with Crippen LogP contribution in [0.5, 0.6) is 0 Å². The molecule has 1 aliphatic heterocycles. The Morgan fingerprint density at radius 2 is 2.33 bits per heavy atom. The summed E-state index contributed by atoms with van der Waals surface area (Å²) in [6.07, 6.45) is 4.53. The fourth-order valence-electron chi connectivity index (χ4n) is 2.96. The van der Waals surface area contributed by atoms with Gasteiger partial charge in [-0.3, -0.25) is 4.90 Å². The van der Waals surface area contributed by atoms with Gasteiger partial charge in [0.15, 0.2) is 0 Å². The first-order valence-electron chi connectivity index (χ1n) is 6.76. The van der Waals surface area contributed by atoms with Crippen molar-refractivity contribution in [3.63, 3.8) is 0 Å². The van der Waals surface area contributed by atoms with E-state index in [4.69, 9.17) is 11.6 Å². The second-order valence-corrected chi connectivity index (χ2v) is 6.13. The van der Waals surface area contributed by atoms with Gasteiger partial charge in [0.2, 0.25) is 0 Å². The highest BCUT2D eigenvalue weighted by Crippen LogP contribution is 2.48. The Hall–Kier alpha value is -0.640. The maximum atomic E-state index is 5.86. The minimum Gasteiger partial charge on any atom is -0.312 e. The third kappa shape index (κ3) is 2.53. The van der Waals surface area contributed by atoms with Crippen LogP contribution in [0.3, 0.4) is 0 Å². The molecule has 1 aromatic heterocycles. The van der Waals surface area contributed by atoms with Gasteiger partial charge < -0.3 is 5.32 Å². The van der Waals surface area contributed by atoms with Gasteiger partial charge in [-0.25, -0.2) is 4.98 Å². The highest BCUT2D eigenvalue weighted by molar-refractivity contribution is 6.29. The SMILES string of the molecule is CC1CN(CC2(c3ccc(Cl)nc3)CC2)CCN1. The zero-order valence-electron chi connectivity index (χ0n) is 10.8. The van der Waals surface area contributed by atoms with Gasteiger partial charge in [-0.1, -0.05) is 17.7 Å². The van der Waals surface area contributed by atoms with E-state index in [0.717, 1.165) is 19.6 Å². The first-order valence-corrected chi connectivity index (χ1v) is 7.14. The second-order valence-electron chi connectivity index (χ2n) is 5.74. The molecule has 0 amide bonds. The molecular weight excluding hydrogens is 246 g/mol. The molecule has 0 spiro atoms. The molecule has 0 radical (unpaired) electrons. The molecule has 2 heterocycles. The first-order chi connectivity index (χ1) is 8.68. The predicted molar refractivity (Wildman–Crippen MR) is 74.1 cm³/mol. The lowest BCUT2D eigenvalue weighted by molar-refractivity contribution is 0.190. The molecule has 0 bridgehead atoms. The molecule has 0 aromatic carbocycles.